The highest BCUT2D eigenvalue weighted by Gasteiger charge is 2.19. The Morgan fingerprint density at radius 2 is 0.481 bits per heavy atom. The third kappa shape index (κ3) is 6.63. The van der Waals surface area contributed by atoms with Crippen LogP contribution in [0.3, 0.4) is 0 Å². The normalized spacial score (nSPS) is 11.0. The van der Waals surface area contributed by atoms with Crippen molar-refractivity contribution in [3.63, 3.8) is 0 Å². The van der Waals surface area contributed by atoms with E-state index in [0.29, 0.717) is 0 Å². The fourth-order valence-electron chi connectivity index (χ4n) is 6.60. The molecule has 54 heavy (non-hydrogen) atoms. The lowest BCUT2D eigenvalue weighted by atomic mass is 9.86. The second-order valence-corrected chi connectivity index (χ2v) is 12.7. The first-order valence-corrected chi connectivity index (χ1v) is 17.4. The van der Waals surface area contributed by atoms with Gasteiger partial charge in [-0.2, -0.15) is 0 Å². The van der Waals surface area contributed by atoms with E-state index in [1.54, 1.807) is 24.8 Å². The molecule has 0 aliphatic rings. The Kier molecular flexibility index (Phi) is 8.73. The molecule has 9 aromatic rings. The van der Waals surface area contributed by atoms with Crippen molar-refractivity contribution in [2.24, 2.45) is 0 Å². The molecule has 0 aliphatic heterocycles. The summed E-state index contributed by atoms with van der Waals surface area (Å²) in [4.78, 5) is 37.3. The van der Waals surface area contributed by atoms with Gasteiger partial charge < -0.3 is 0 Å². The number of benzene rings is 1. The van der Waals surface area contributed by atoms with Crippen molar-refractivity contribution in [2.75, 3.05) is 0 Å². The molecule has 1 aromatic carbocycles. The number of rotatable bonds is 8. The van der Waals surface area contributed by atoms with E-state index >= 15 is 0 Å². The third-order valence-electron chi connectivity index (χ3n) is 9.20. The molecule has 0 spiro atoms. The topological polar surface area (TPSA) is 103 Å². The van der Waals surface area contributed by atoms with Crippen molar-refractivity contribution < 1.29 is 0 Å². The Morgan fingerprint density at radius 3 is 0.704 bits per heavy atom. The minimum Gasteiger partial charge on any atom is -0.263 e. The van der Waals surface area contributed by atoms with Crippen LogP contribution in [0, 0.1) is 0 Å². The highest BCUT2D eigenvalue weighted by atomic mass is 14.7. The molecule has 9 rings (SSSR count). The zero-order chi connectivity index (χ0) is 36.1. The van der Waals surface area contributed by atoms with E-state index in [9.17, 15) is 0 Å². The van der Waals surface area contributed by atoms with Crippen LogP contribution in [-0.4, -0.2) is 39.9 Å². The van der Waals surface area contributed by atoms with Gasteiger partial charge in [-0.1, -0.05) is 24.3 Å². The van der Waals surface area contributed by atoms with Crippen LogP contribution >= 0.6 is 0 Å². The Hall–Kier alpha value is -7.58. The lowest BCUT2D eigenvalue weighted by molar-refractivity contribution is 1.27. The summed E-state index contributed by atoms with van der Waals surface area (Å²) in [5, 5.41) is 0. The van der Waals surface area contributed by atoms with Gasteiger partial charge in [-0.15, -0.1) is 0 Å². The number of hydrogen-bond acceptors (Lipinski definition) is 8. The summed E-state index contributed by atoms with van der Waals surface area (Å²) in [5.41, 5.74) is 14.6. The molecule has 8 heterocycles. The Morgan fingerprint density at radius 1 is 0.241 bits per heavy atom. The van der Waals surface area contributed by atoms with Gasteiger partial charge in [0.15, 0.2) is 0 Å². The smallest absolute Gasteiger partial charge is 0.0717 e. The molecule has 0 atom stereocenters. The fourth-order valence-corrected chi connectivity index (χ4v) is 6.60. The average Bonchev–Trinajstić information content (AvgIpc) is 3.27. The molecule has 8 nitrogen and oxygen atoms in total. The van der Waals surface area contributed by atoms with Crippen LogP contribution in [0.5, 0.6) is 0 Å². The highest BCUT2D eigenvalue weighted by Crippen LogP contribution is 2.43. The average molecular weight is 695 g/mol. The maximum atomic E-state index is 4.72. The van der Waals surface area contributed by atoms with Gasteiger partial charge in [0.2, 0.25) is 0 Å². The van der Waals surface area contributed by atoms with Crippen molar-refractivity contribution in [2.45, 2.75) is 0 Å². The van der Waals surface area contributed by atoms with E-state index in [1.807, 2.05) is 122 Å². The SMILES string of the molecule is c1ccc(-c2cncc(-c3cc(-c4cncc(-c5ccccn5)c4)c(-c4cncc(-c5ccccn5)c4)cc3-c3cncc(-c4ccccn4)c3)c2)nc1. The number of nitrogens with zero attached hydrogens (tertiary/aromatic N) is 8. The lowest BCUT2D eigenvalue weighted by Gasteiger charge is -2.19. The van der Waals surface area contributed by atoms with Crippen molar-refractivity contribution in [3.05, 3.63) is 184 Å². The van der Waals surface area contributed by atoms with Crippen LogP contribution < -0.4 is 0 Å². The monoisotopic (exact) mass is 694 g/mol. The molecule has 8 aromatic heterocycles. The first-order chi connectivity index (χ1) is 26.8. The molecule has 0 radical (unpaired) electrons. The Labute approximate surface area is 312 Å². The molecule has 0 saturated heterocycles. The van der Waals surface area contributed by atoms with Crippen LogP contribution in [0.25, 0.3) is 89.5 Å². The first-order valence-electron chi connectivity index (χ1n) is 17.4. The van der Waals surface area contributed by atoms with E-state index in [0.717, 1.165) is 89.5 Å². The molecular weight excluding hydrogens is 665 g/mol. The van der Waals surface area contributed by atoms with E-state index in [2.05, 4.69) is 56.3 Å². The summed E-state index contributed by atoms with van der Waals surface area (Å²) in [5.74, 6) is 0. The molecule has 0 saturated carbocycles. The molecule has 0 amide bonds. The molecular formula is C46H30N8. The zero-order valence-electron chi connectivity index (χ0n) is 28.9. The standard InChI is InChI=1S/C46H30N8/c1-5-13-51-43(9-1)35-17-31(23-47-27-35)39-21-41(33-19-37(29-49-25-33)45-11-3-7-15-53-45)42(34-20-38(30-50-26-34)46-12-4-8-16-54-46)22-40(39)32-18-36(28-48-24-32)44-10-2-6-14-52-44/h1-30H. The van der Waals surface area contributed by atoms with E-state index in [-0.39, 0.29) is 0 Å². The van der Waals surface area contributed by atoms with Crippen LogP contribution in [0.4, 0.5) is 0 Å². The zero-order valence-corrected chi connectivity index (χ0v) is 28.9. The van der Waals surface area contributed by atoms with Crippen molar-refractivity contribution in [1.82, 2.24) is 39.9 Å². The van der Waals surface area contributed by atoms with Crippen LogP contribution in [0.15, 0.2) is 184 Å². The molecule has 0 unspecified atom stereocenters. The lowest BCUT2D eigenvalue weighted by Crippen LogP contribution is -1.96. The summed E-state index contributed by atoms with van der Waals surface area (Å²) >= 11 is 0. The summed E-state index contributed by atoms with van der Waals surface area (Å²) < 4.78 is 0. The van der Waals surface area contributed by atoms with Gasteiger partial charge in [-0.3, -0.25) is 39.9 Å². The molecule has 0 N–H and O–H groups in total. The van der Waals surface area contributed by atoms with Gasteiger partial charge in [0.25, 0.3) is 0 Å². The highest BCUT2D eigenvalue weighted by molar-refractivity contribution is 5.96. The van der Waals surface area contributed by atoms with Gasteiger partial charge in [-0.05, 0) is 107 Å². The van der Waals surface area contributed by atoms with Crippen molar-refractivity contribution in [1.29, 1.82) is 0 Å². The van der Waals surface area contributed by atoms with Gasteiger partial charge >= 0.3 is 0 Å². The van der Waals surface area contributed by atoms with Gasteiger partial charge in [0.05, 0.1) is 22.8 Å². The third-order valence-corrected chi connectivity index (χ3v) is 9.20. The van der Waals surface area contributed by atoms with Gasteiger partial charge in [-0.25, -0.2) is 0 Å². The predicted octanol–water partition coefficient (Wildman–Crippen LogP) is 10.2. The first kappa shape index (κ1) is 32.3. The second-order valence-electron chi connectivity index (χ2n) is 12.7. The van der Waals surface area contributed by atoms with E-state index in [1.165, 1.54) is 0 Å². The summed E-state index contributed by atoms with van der Waals surface area (Å²) in [6, 6.07) is 36.6. The maximum Gasteiger partial charge on any atom is 0.0717 e. The quantitative estimate of drug-likeness (QED) is 0.155. The van der Waals surface area contributed by atoms with Crippen LogP contribution in [-0.2, 0) is 0 Å². The fraction of sp³-hybridized carbons (Fsp3) is 0. The number of aromatic nitrogens is 8. The number of pyridine rings is 8. The minimum absolute atomic E-state index is 0.841. The number of hydrogen-bond donors (Lipinski definition) is 0. The molecule has 0 fully saturated rings. The van der Waals surface area contributed by atoms with E-state index < -0.39 is 0 Å². The predicted molar refractivity (Wildman–Crippen MR) is 212 cm³/mol. The van der Waals surface area contributed by atoms with Gasteiger partial charge in [0.1, 0.15) is 0 Å². The van der Waals surface area contributed by atoms with Crippen LogP contribution in [0.2, 0.25) is 0 Å². The van der Waals surface area contributed by atoms with Gasteiger partial charge in [0, 0.05) is 119 Å². The minimum atomic E-state index is 0.841. The molecule has 254 valence electrons. The molecule has 0 aliphatic carbocycles. The summed E-state index contributed by atoms with van der Waals surface area (Å²) in [6.45, 7) is 0. The van der Waals surface area contributed by atoms with Crippen molar-refractivity contribution in [3.8, 4) is 89.5 Å². The van der Waals surface area contributed by atoms with E-state index in [4.69, 9.17) is 19.9 Å². The van der Waals surface area contributed by atoms with Crippen molar-refractivity contribution >= 4 is 0 Å². The molecule has 8 heteroatoms. The second kappa shape index (κ2) is 14.6. The molecule has 0 bridgehead atoms. The Balaban J connectivity index is 1.32. The van der Waals surface area contributed by atoms with Crippen LogP contribution in [0.1, 0.15) is 0 Å². The Bertz CT molecular complexity index is 2330. The maximum absolute atomic E-state index is 4.72. The summed E-state index contributed by atoms with van der Waals surface area (Å²) in [7, 11) is 0. The summed E-state index contributed by atoms with van der Waals surface area (Å²) in [6.07, 6.45) is 22.2. The largest absolute Gasteiger partial charge is 0.263 e.